The summed E-state index contributed by atoms with van der Waals surface area (Å²) >= 11 is 1.63. The number of benzene rings is 1. The molecule has 0 amide bonds. The van der Waals surface area contributed by atoms with Crippen LogP contribution in [-0.4, -0.2) is 16.5 Å². The number of aromatic nitrogens is 2. The van der Waals surface area contributed by atoms with Gasteiger partial charge in [-0.15, -0.1) is 11.3 Å². The standard InChI is InChI=1S/C15H16N4S/c1-10-6-12-13(7-18-10)14(16)2-3-15(12)17-5-4-11-8-20-9-19-11/h2-3,6-9,17H,4-5,16H2,1H3. The minimum Gasteiger partial charge on any atom is -0.398 e. The van der Waals surface area contributed by atoms with Crippen LogP contribution in [0.3, 0.4) is 0 Å². The molecular formula is C15H16N4S. The molecule has 0 radical (unpaired) electrons. The largest absolute Gasteiger partial charge is 0.398 e. The molecule has 3 N–H and O–H groups in total. The number of aryl methyl sites for hydroxylation is 1. The third-order valence-corrected chi connectivity index (χ3v) is 3.89. The first-order chi connectivity index (χ1) is 9.74. The van der Waals surface area contributed by atoms with Crippen molar-refractivity contribution >= 4 is 33.5 Å². The molecule has 2 heterocycles. The monoisotopic (exact) mass is 284 g/mol. The van der Waals surface area contributed by atoms with Crippen molar-refractivity contribution in [3.05, 3.63) is 46.7 Å². The molecule has 5 heteroatoms. The van der Waals surface area contributed by atoms with E-state index in [1.54, 1.807) is 11.3 Å². The average Bonchev–Trinajstić information content (AvgIpc) is 2.94. The zero-order valence-electron chi connectivity index (χ0n) is 11.3. The Morgan fingerprint density at radius 2 is 2.15 bits per heavy atom. The van der Waals surface area contributed by atoms with Crippen molar-refractivity contribution in [1.29, 1.82) is 0 Å². The Morgan fingerprint density at radius 1 is 1.25 bits per heavy atom. The highest BCUT2D eigenvalue weighted by molar-refractivity contribution is 7.07. The molecule has 1 aromatic carbocycles. The Morgan fingerprint density at radius 3 is 2.95 bits per heavy atom. The Balaban J connectivity index is 1.84. The first-order valence-electron chi connectivity index (χ1n) is 6.50. The fraction of sp³-hybridized carbons (Fsp3) is 0.200. The molecule has 0 fully saturated rings. The van der Waals surface area contributed by atoms with Gasteiger partial charge >= 0.3 is 0 Å². The lowest BCUT2D eigenvalue weighted by Gasteiger charge is -2.11. The molecule has 20 heavy (non-hydrogen) atoms. The van der Waals surface area contributed by atoms with Gasteiger partial charge in [0.25, 0.3) is 0 Å². The van der Waals surface area contributed by atoms with Gasteiger partial charge in [0.05, 0.1) is 11.2 Å². The Labute approximate surface area is 121 Å². The molecule has 0 saturated carbocycles. The van der Waals surface area contributed by atoms with Crippen LogP contribution in [-0.2, 0) is 6.42 Å². The summed E-state index contributed by atoms with van der Waals surface area (Å²) in [5.41, 5.74) is 11.8. The summed E-state index contributed by atoms with van der Waals surface area (Å²) in [6.45, 7) is 2.84. The van der Waals surface area contributed by atoms with Gasteiger partial charge in [-0.3, -0.25) is 4.98 Å². The number of nitrogens with one attached hydrogen (secondary N) is 1. The van der Waals surface area contributed by atoms with E-state index in [1.165, 1.54) is 0 Å². The number of anilines is 2. The lowest BCUT2D eigenvalue weighted by Crippen LogP contribution is -2.06. The lowest BCUT2D eigenvalue weighted by molar-refractivity contribution is 0.979. The van der Waals surface area contributed by atoms with Gasteiger partial charge in [-0.2, -0.15) is 0 Å². The van der Waals surface area contributed by atoms with Gasteiger partial charge in [-0.05, 0) is 25.1 Å². The van der Waals surface area contributed by atoms with Crippen molar-refractivity contribution in [1.82, 2.24) is 9.97 Å². The zero-order valence-corrected chi connectivity index (χ0v) is 12.1. The smallest absolute Gasteiger partial charge is 0.0794 e. The number of fused-ring (bicyclic) bond motifs is 1. The molecule has 0 aliphatic heterocycles. The maximum Gasteiger partial charge on any atom is 0.0794 e. The quantitative estimate of drug-likeness (QED) is 0.722. The van der Waals surface area contributed by atoms with Crippen LogP contribution in [0.5, 0.6) is 0 Å². The minimum atomic E-state index is 0.762. The van der Waals surface area contributed by atoms with E-state index in [-0.39, 0.29) is 0 Å². The van der Waals surface area contributed by atoms with Gasteiger partial charge in [-0.1, -0.05) is 0 Å². The van der Waals surface area contributed by atoms with Gasteiger partial charge in [0, 0.05) is 52.4 Å². The van der Waals surface area contributed by atoms with Crippen LogP contribution in [0.2, 0.25) is 0 Å². The maximum atomic E-state index is 6.00. The second kappa shape index (κ2) is 5.46. The summed E-state index contributed by atoms with van der Waals surface area (Å²) in [6, 6.07) is 6.01. The SMILES string of the molecule is Cc1cc2c(NCCc3cscn3)ccc(N)c2cn1. The van der Waals surface area contributed by atoms with Crippen molar-refractivity contribution in [2.45, 2.75) is 13.3 Å². The predicted molar refractivity (Wildman–Crippen MR) is 85.2 cm³/mol. The first kappa shape index (κ1) is 12.9. The van der Waals surface area contributed by atoms with E-state index < -0.39 is 0 Å². The van der Waals surface area contributed by atoms with Gasteiger partial charge in [0.1, 0.15) is 0 Å². The molecule has 0 saturated heterocycles. The normalized spacial score (nSPS) is 10.8. The number of hydrogen-bond donors (Lipinski definition) is 2. The maximum absolute atomic E-state index is 6.00. The molecule has 0 spiro atoms. The first-order valence-corrected chi connectivity index (χ1v) is 7.44. The fourth-order valence-electron chi connectivity index (χ4n) is 2.21. The summed E-state index contributed by atoms with van der Waals surface area (Å²) in [4.78, 5) is 8.60. The summed E-state index contributed by atoms with van der Waals surface area (Å²) in [6.07, 6.45) is 2.76. The third kappa shape index (κ3) is 2.58. The second-order valence-corrected chi connectivity index (χ2v) is 5.45. The van der Waals surface area contributed by atoms with E-state index in [1.807, 2.05) is 30.8 Å². The van der Waals surface area contributed by atoms with E-state index in [2.05, 4.69) is 26.7 Å². The van der Waals surface area contributed by atoms with Crippen molar-refractivity contribution in [2.24, 2.45) is 0 Å². The zero-order chi connectivity index (χ0) is 13.9. The van der Waals surface area contributed by atoms with Crippen molar-refractivity contribution in [2.75, 3.05) is 17.6 Å². The predicted octanol–water partition coefficient (Wildman–Crippen LogP) is 3.24. The molecule has 3 rings (SSSR count). The van der Waals surface area contributed by atoms with Gasteiger partial charge in [0.2, 0.25) is 0 Å². The average molecular weight is 284 g/mol. The summed E-state index contributed by atoms with van der Waals surface area (Å²) < 4.78 is 0. The molecule has 4 nitrogen and oxygen atoms in total. The van der Waals surface area contributed by atoms with Crippen molar-refractivity contribution in [3.63, 3.8) is 0 Å². The highest BCUT2D eigenvalue weighted by atomic mass is 32.1. The van der Waals surface area contributed by atoms with Crippen LogP contribution in [0.1, 0.15) is 11.4 Å². The number of nitrogens with zero attached hydrogens (tertiary/aromatic N) is 2. The summed E-state index contributed by atoms with van der Waals surface area (Å²) in [7, 11) is 0. The Hall–Kier alpha value is -2.14. The van der Waals surface area contributed by atoms with Crippen LogP contribution in [0, 0.1) is 6.92 Å². The second-order valence-electron chi connectivity index (χ2n) is 4.73. The van der Waals surface area contributed by atoms with E-state index in [0.717, 1.165) is 46.5 Å². The molecule has 0 aliphatic rings. The minimum absolute atomic E-state index is 0.762. The highest BCUT2D eigenvalue weighted by Gasteiger charge is 2.05. The summed E-state index contributed by atoms with van der Waals surface area (Å²) in [5.74, 6) is 0. The van der Waals surface area contributed by atoms with Crippen LogP contribution >= 0.6 is 11.3 Å². The molecule has 0 unspecified atom stereocenters. The van der Waals surface area contributed by atoms with Gasteiger partial charge < -0.3 is 11.1 Å². The van der Waals surface area contributed by atoms with Crippen LogP contribution in [0.15, 0.2) is 35.3 Å². The Bertz CT molecular complexity index is 722. The van der Waals surface area contributed by atoms with E-state index in [0.29, 0.717) is 0 Å². The molecular weight excluding hydrogens is 268 g/mol. The molecule has 0 aliphatic carbocycles. The van der Waals surface area contributed by atoms with E-state index >= 15 is 0 Å². The van der Waals surface area contributed by atoms with E-state index in [4.69, 9.17) is 5.73 Å². The molecule has 3 aromatic rings. The van der Waals surface area contributed by atoms with Crippen LogP contribution in [0.4, 0.5) is 11.4 Å². The number of hydrogen-bond acceptors (Lipinski definition) is 5. The summed E-state index contributed by atoms with van der Waals surface area (Å²) in [5, 5.41) is 7.66. The van der Waals surface area contributed by atoms with Crippen LogP contribution in [0.25, 0.3) is 10.8 Å². The fourth-order valence-corrected chi connectivity index (χ4v) is 2.80. The van der Waals surface area contributed by atoms with E-state index in [9.17, 15) is 0 Å². The third-order valence-electron chi connectivity index (χ3n) is 3.25. The van der Waals surface area contributed by atoms with Crippen molar-refractivity contribution < 1.29 is 0 Å². The number of pyridine rings is 1. The topological polar surface area (TPSA) is 63.8 Å². The molecule has 2 aromatic heterocycles. The molecule has 102 valence electrons. The number of nitrogens with two attached hydrogens (primary N) is 1. The lowest BCUT2D eigenvalue weighted by atomic mass is 10.1. The molecule has 0 bridgehead atoms. The highest BCUT2D eigenvalue weighted by Crippen LogP contribution is 2.28. The number of nitrogen functional groups attached to an aromatic ring is 1. The molecule has 0 atom stereocenters. The van der Waals surface area contributed by atoms with Gasteiger partial charge in [0.15, 0.2) is 0 Å². The van der Waals surface area contributed by atoms with Gasteiger partial charge in [-0.25, -0.2) is 4.98 Å². The number of rotatable bonds is 4. The van der Waals surface area contributed by atoms with Crippen LogP contribution < -0.4 is 11.1 Å². The number of thiazole rings is 1. The Kier molecular flexibility index (Phi) is 3.52. The van der Waals surface area contributed by atoms with Crippen molar-refractivity contribution in [3.8, 4) is 0 Å².